The van der Waals surface area contributed by atoms with Crippen LogP contribution < -0.4 is 16.1 Å². The molecule has 144 valence electrons. The van der Waals surface area contributed by atoms with Crippen LogP contribution in [0, 0.1) is 11.3 Å². The van der Waals surface area contributed by atoms with Crippen molar-refractivity contribution in [3.05, 3.63) is 62.4 Å². The zero-order valence-corrected chi connectivity index (χ0v) is 15.5. The maximum atomic E-state index is 12.7. The van der Waals surface area contributed by atoms with Gasteiger partial charge in [0.2, 0.25) is 5.91 Å². The van der Waals surface area contributed by atoms with Crippen LogP contribution in [-0.2, 0) is 24.3 Å². The van der Waals surface area contributed by atoms with E-state index >= 15 is 0 Å². The van der Waals surface area contributed by atoms with Crippen molar-refractivity contribution in [2.75, 3.05) is 31.1 Å². The Bertz CT molecular complexity index is 1060. The van der Waals surface area contributed by atoms with E-state index in [0.717, 1.165) is 16.7 Å². The lowest BCUT2D eigenvalue weighted by molar-refractivity contribution is -0.132. The number of piperazine rings is 1. The third kappa shape index (κ3) is 3.09. The van der Waals surface area contributed by atoms with Crippen molar-refractivity contribution in [2.45, 2.75) is 25.9 Å². The van der Waals surface area contributed by atoms with Gasteiger partial charge in [-0.3, -0.25) is 14.2 Å². The topological polar surface area (TPSA) is 91.3 Å². The van der Waals surface area contributed by atoms with Gasteiger partial charge < -0.3 is 9.80 Å². The minimum atomic E-state index is -0.656. The van der Waals surface area contributed by atoms with Gasteiger partial charge in [-0.05, 0) is 25.0 Å². The summed E-state index contributed by atoms with van der Waals surface area (Å²) in [6.45, 7) is 2.60. The van der Waals surface area contributed by atoms with Crippen molar-refractivity contribution in [3.63, 3.8) is 0 Å². The molecule has 2 aromatic rings. The number of aromatic nitrogens is 2. The molecule has 1 fully saturated rings. The summed E-state index contributed by atoms with van der Waals surface area (Å²) in [5.74, 6) is -0.269. The molecule has 0 bridgehead atoms. The summed E-state index contributed by atoms with van der Waals surface area (Å²) < 4.78 is 2.37. The lowest BCUT2D eigenvalue weighted by atomic mass is 10.2. The van der Waals surface area contributed by atoms with Crippen molar-refractivity contribution < 1.29 is 4.79 Å². The Labute approximate surface area is 161 Å². The van der Waals surface area contributed by atoms with E-state index in [0.29, 0.717) is 44.8 Å². The molecule has 8 heteroatoms. The molecule has 3 heterocycles. The number of para-hydroxylation sites is 1. The number of anilines is 1. The summed E-state index contributed by atoms with van der Waals surface area (Å²) in [5.41, 5.74) is 0.447. The maximum absolute atomic E-state index is 12.7. The van der Waals surface area contributed by atoms with Crippen LogP contribution in [0.3, 0.4) is 0 Å². The SMILES string of the molecule is N#Cc1c2n(c(=O)n(CC(=O)N3CCN(c4ccccc4)CC3)c1=O)CCC2. The normalized spacial score (nSPS) is 16.0. The summed E-state index contributed by atoms with van der Waals surface area (Å²) in [6, 6.07) is 11.9. The van der Waals surface area contributed by atoms with Crippen molar-refractivity contribution in [3.8, 4) is 6.07 Å². The summed E-state index contributed by atoms with van der Waals surface area (Å²) in [6.07, 6.45) is 1.27. The monoisotopic (exact) mass is 379 g/mol. The number of rotatable bonds is 3. The number of hydrogen-bond acceptors (Lipinski definition) is 5. The smallest absolute Gasteiger partial charge is 0.331 e. The van der Waals surface area contributed by atoms with Crippen LogP contribution in [-0.4, -0.2) is 46.1 Å². The molecule has 0 atom stereocenters. The molecule has 1 saturated heterocycles. The molecule has 0 unspecified atom stereocenters. The summed E-state index contributed by atoms with van der Waals surface area (Å²) in [4.78, 5) is 41.8. The van der Waals surface area contributed by atoms with Gasteiger partial charge in [0.1, 0.15) is 18.2 Å². The first-order valence-corrected chi connectivity index (χ1v) is 9.44. The second kappa shape index (κ2) is 7.35. The number of hydrogen-bond donors (Lipinski definition) is 0. The van der Waals surface area contributed by atoms with E-state index in [9.17, 15) is 19.6 Å². The highest BCUT2D eigenvalue weighted by atomic mass is 16.2. The van der Waals surface area contributed by atoms with Gasteiger partial charge in [-0.1, -0.05) is 18.2 Å². The molecule has 0 spiro atoms. The predicted octanol–water partition coefficient (Wildman–Crippen LogP) is 0.177. The molecule has 0 aliphatic carbocycles. The zero-order valence-electron chi connectivity index (χ0n) is 15.5. The summed E-state index contributed by atoms with van der Waals surface area (Å²) >= 11 is 0. The van der Waals surface area contributed by atoms with Gasteiger partial charge in [-0.25, -0.2) is 9.36 Å². The van der Waals surface area contributed by atoms with Crippen molar-refractivity contribution in [2.24, 2.45) is 0 Å². The van der Waals surface area contributed by atoms with Gasteiger partial charge in [0.05, 0.1) is 0 Å². The Hall–Kier alpha value is -3.34. The van der Waals surface area contributed by atoms with Crippen LogP contribution in [0.1, 0.15) is 17.7 Å². The molecule has 0 N–H and O–H groups in total. The van der Waals surface area contributed by atoms with Crippen LogP contribution in [0.15, 0.2) is 39.9 Å². The zero-order chi connectivity index (χ0) is 19.7. The van der Waals surface area contributed by atoms with E-state index < -0.39 is 11.2 Å². The quantitative estimate of drug-likeness (QED) is 0.759. The molecule has 2 aliphatic heterocycles. The average Bonchev–Trinajstić information content (AvgIpc) is 3.22. The van der Waals surface area contributed by atoms with E-state index in [1.807, 2.05) is 36.4 Å². The highest BCUT2D eigenvalue weighted by Crippen LogP contribution is 2.16. The number of carbonyl (C=O) groups excluding carboxylic acids is 1. The fourth-order valence-electron chi connectivity index (χ4n) is 3.98. The van der Waals surface area contributed by atoms with Gasteiger partial charge in [0, 0.05) is 44.1 Å². The van der Waals surface area contributed by atoms with E-state index in [2.05, 4.69) is 4.90 Å². The summed E-state index contributed by atoms with van der Waals surface area (Å²) in [7, 11) is 0. The molecule has 0 saturated carbocycles. The largest absolute Gasteiger partial charge is 0.368 e. The Morgan fingerprint density at radius 3 is 2.43 bits per heavy atom. The average molecular weight is 379 g/mol. The Morgan fingerprint density at radius 1 is 1.04 bits per heavy atom. The number of nitriles is 1. The first-order valence-electron chi connectivity index (χ1n) is 9.44. The van der Waals surface area contributed by atoms with Gasteiger partial charge >= 0.3 is 5.69 Å². The van der Waals surface area contributed by atoms with Gasteiger partial charge in [0.15, 0.2) is 0 Å². The van der Waals surface area contributed by atoms with Crippen molar-refractivity contribution in [1.29, 1.82) is 5.26 Å². The first kappa shape index (κ1) is 18.0. The van der Waals surface area contributed by atoms with Crippen LogP contribution >= 0.6 is 0 Å². The molecule has 2 aliphatic rings. The Balaban J connectivity index is 1.50. The van der Waals surface area contributed by atoms with E-state index in [4.69, 9.17) is 0 Å². The number of nitrogens with zero attached hydrogens (tertiary/aromatic N) is 5. The second-order valence-electron chi connectivity index (χ2n) is 7.07. The van der Waals surface area contributed by atoms with Gasteiger partial charge in [-0.15, -0.1) is 0 Å². The standard InChI is InChI=1S/C20H21N5O3/c21-13-16-17-7-4-8-24(17)20(28)25(19(16)27)14-18(26)23-11-9-22(10-12-23)15-5-2-1-3-6-15/h1-3,5-6H,4,7-12,14H2. The van der Waals surface area contributed by atoms with E-state index in [-0.39, 0.29) is 18.0 Å². The molecule has 28 heavy (non-hydrogen) atoms. The third-order valence-corrected chi connectivity index (χ3v) is 5.49. The molecular formula is C20H21N5O3. The highest BCUT2D eigenvalue weighted by Gasteiger charge is 2.26. The molecule has 1 aromatic carbocycles. The number of carbonyl (C=O) groups is 1. The fraction of sp³-hybridized carbons (Fsp3) is 0.400. The minimum absolute atomic E-state index is 0.0150. The molecule has 8 nitrogen and oxygen atoms in total. The van der Waals surface area contributed by atoms with Crippen LogP contribution in [0.5, 0.6) is 0 Å². The van der Waals surface area contributed by atoms with Crippen LogP contribution in [0.4, 0.5) is 5.69 Å². The fourth-order valence-corrected chi connectivity index (χ4v) is 3.98. The first-order chi connectivity index (χ1) is 13.6. The lowest BCUT2D eigenvalue weighted by Gasteiger charge is -2.36. The van der Waals surface area contributed by atoms with Crippen LogP contribution in [0.2, 0.25) is 0 Å². The Morgan fingerprint density at radius 2 is 1.75 bits per heavy atom. The molecule has 1 aromatic heterocycles. The molecule has 1 amide bonds. The maximum Gasteiger partial charge on any atom is 0.331 e. The molecular weight excluding hydrogens is 358 g/mol. The van der Waals surface area contributed by atoms with Gasteiger partial charge in [0.25, 0.3) is 5.56 Å². The number of benzene rings is 1. The van der Waals surface area contributed by atoms with E-state index in [1.165, 1.54) is 4.57 Å². The van der Waals surface area contributed by atoms with Crippen molar-refractivity contribution >= 4 is 11.6 Å². The Kier molecular flexibility index (Phi) is 4.74. The number of amides is 1. The van der Waals surface area contributed by atoms with Crippen molar-refractivity contribution in [1.82, 2.24) is 14.0 Å². The van der Waals surface area contributed by atoms with Crippen LogP contribution in [0.25, 0.3) is 0 Å². The van der Waals surface area contributed by atoms with E-state index in [1.54, 1.807) is 4.90 Å². The summed E-state index contributed by atoms with van der Waals surface area (Å²) in [5, 5.41) is 9.34. The third-order valence-electron chi connectivity index (χ3n) is 5.49. The molecule has 0 radical (unpaired) electrons. The highest BCUT2D eigenvalue weighted by molar-refractivity contribution is 5.76. The molecule has 4 rings (SSSR count). The minimum Gasteiger partial charge on any atom is -0.368 e. The predicted molar refractivity (Wildman–Crippen MR) is 103 cm³/mol. The number of fused-ring (bicyclic) bond motifs is 1. The second-order valence-corrected chi connectivity index (χ2v) is 7.07. The lowest BCUT2D eigenvalue weighted by Crippen LogP contribution is -2.52. The van der Waals surface area contributed by atoms with Gasteiger partial charge in [-0.2, -0.15) is 5.26 Å².